The van der Waals surface area contributed by atoms with Gasteiger partial charge in [0.1, 0.15) is 12.4 Å². The van der Waals surface area contributed by atoms with E-state index in [0.29, 0.717) is 19.7 Å². The Hall–Kier alpha value is -1.55. The molecule has 1 atom stereocenters. The highest BCUT2D eigenvalue weighted by Crippen LogP contribution is 2.28. The molecule has 1 fully saturated rings. The summed E-state index contributed by atoms with van der Waals surface area (Å²) < 4.78 is 5.74. The molecule has 2 aliphatic rings. The molecule has 0 radical (unpaired) electrons. The number of nitrogens with zero attached hydrogens (tertiary/aromatic N) is 1. The zero-order chi connectivity index (χ0) is 14.0. The largest absolute Gasteiger partial charge is 0.491 e. The van der Waals surface area contributed by atoms with Crippen molar-refractivity contribution in [1.82, 2.24) is 10.2 Å². The molecule has 1 aromatic rings. The number of benzene rings is 1. The van der Waals surface area contributed by atoms with E-state index in [1.165, 1.54) is 0 Å². The molecule has 0 aliphatic carbocycles. The lowest BCUT2D eigenvalue weighted by atomic mass is 9.92. The average molecular weight is 274 g/mol. The van der Waals surface area contributed by atoms with Crippen molar-refractivity contribution in [1.29, 1.82) is 0 Å². The summed E-state index contributed by atoms with van der Waals surface area (Å²) in [6.45, 7) is 4.93. The smallest absolute Gasteiger partial charge is 0.243 e. The van der Waals surface area contributed by atoms with Gasteiger partial charge in [0, 0.05) is 12.1 Å². The second kappa shape index (κ2) is 5.44. The fourth-order valence-corrected chi connectivity index (χ4v) is 3.24. The second-order valence-corrected chi connectivity index (χ2v) is 5.65. The zero-order valence-corrected chi connectivity index (χ0v) is 12.0. The van der Waals surface area contributed by atoms with Crippen LogP contribution in [-0.2, 0) is 11.3 Å². The normalized spacial score (nSPS) is 25.8. The lowest BCUT2D eigenvalue weighted by Crippen LogP contribution is -2.54. The summed E-state index contributed by atoms with van der Waals surface area (Å²) in [5.41, 5.74) is 0.752. The molecule has 108 valence electrons. The number of hydrogen-bond acceptors (Lipinski definition) is 3. The molecular weight excluding hydrogens is 252 g/mol. The molecule has 20 heavy (non-hydrogen) atoms. The monoisotopic (exact) mass is 274 g/mol. The second-order valence-electron chi connectivity index (χ2n) is 5.65. The Balaban J connectivity index is 1.82. The Morgan fingerprint density at radius 3 is 3.05 bits per heavy atom. The van der Waals surface area contributed by atoms with E-state index in [0.717, 1.165) is 37.1 Å². The van der Waals surface area contributed by atoms with E-state index in [9.17, 15) is 4.79 Å². The van der Waals surface area contributed by atoms with Crippen LogP contribution >= 0.6 is 0 Å². The fraction of sp³-hybridized carbons (Fsp3) is 0.562. The third kappa shape index (κ3) is 2.29. The van der Waals surface area contributed by atoms with Crippen molar-refractivity contribution in [3.8, 4) is 5.75 Å². The maximum absolute atomic E-state index is 12.9. The molecule has 2 aliphatic heterocycles. The highest BCUT2D eigenvalue weighted by atomic mass is 16.5. The van der Waals surface area contributed by atoms with Crippen molar-refractivity contribution in [2.75, 3.05) is 19.7 Å². The Morgan fingerprint density at radius 1 is 1.45 bits per heavy atom. The van der Waals surface area contributed by atoms with E-state index < -0.39 is 0 Å². The van der Waals surface area contributed by atoms with Crippen LogP contribution in [0.25, 0.3) is 0 Å². The van der Waals surface area contributed by atoms with Crippen LogP contribution in [0.3, 0.4) is 0 Å². The van der Waals surface area contributed by atoms with Gasteiger partial charge in [-0.15, -0.1) is 0 Å². The van der Waals surface area contributed by atoms with Gasteiger partial charge >= 0.3 is 0 Å². The summed E-state index contributed by atoms with van der Waals surface area (Å²) >= 11 is 0. The van der Waals surface area contributed by atoms with Crippen molar-refractivity contribution in [3.63, 3.8) is 0 Å². The summed E-state index contributed by atoms with van der Waals surface area (Å²) in [4.78, 5) is 14.9. The maximum atomic E-state index is 12.9. The summed E-state index contributed by atoms with van der Waals surface area (Å²) in [5.74, 6) is 1.14. The van der Waals surface area contributed by atoms with E-state index in [-0.39, 0.29) is 11.4 Å². The molecule has 0 saturated carbocycles. The van der Waals surface area contributed by atoms with Gasteiger partial charge in [0.15, 0.2) is 0 Å². The van der Waals surface area contributed by atoms with Crippen LogP contribution in [0.4, 0.5) is 0 Å². The van der Waals surface area contributed by atoms with Gasteiger partial charge in [-0.25, -0.2) is 0 Å². The van der Waals surface area contributed by atoms with Crippen molar-refractivity contribution in [3.05, 3.63) is 29.8 Å². The van der Waals surface area contributed by atoms with Gasteiger partial charge < -0.3 is 15.0 Å². The van der Waals surface area contributed by atoms with E-state index in [1.807, 2.05) is 29.2 Å². The van der Waals surface area contributed by atoms with Crippen LogP contribution in [0.1, 0.15) is 31.7 Å². The minimum absolute atomic E-state index is 0.234. The first-order valence-electron chi connectivity index (χ1n) is 7.50. The zero-order valence-electron chi connectivity index (χ0n) is 12.0. The molecule has 1 amide bonds. The third-order valence-corrected chi connectivity index (χ3v) is 4.50. The molecule has 0 spiro atoms. The minimum Gasteiger partial charge on any atom is -0.491 e. The number of carbonyl (C=O) groups excluding carboxylic acids is 1. The lowest BCUT2D eigenvalue weighted by molar-refractivity contribution is -0.138. The predicted molar refractivity (Wildman–Crippen MR) is 77.6 cm³/mol. The van der Waals surface area contributed by atoms with Crippen molar-refractivity contribution < 1.29 is 9.53 Å². The highest BCUT2D eigenvalue weighted by molar-refractivity contribution is 5.86. The van der Waals surface area contributed by atoms with Gasteiger partial charge in [-0.1, -0.05) is 25.1 Å². The molecule has 0 aromatic heterocycles. The third-order valence-electron chi connectivity index (χ3n) is 4.50. The van der Waals surface area contributed by atoms with Crippen LogP contribution in [0, 0.1) is 0 Å². The first-order valence-corrected chi connectivity index (χ1v) is 7.50. The number of rotatable bonds is 2. The standard InChI is InChI=1S/C16H22N2O2/c1-2-16(8-5-9-17-16)15(19)18-10-11-20-14-7-4-3-6-13(14)12-18/h3-4,6-7,17H,2,5,8-12H2,1H3. The first kappa shape index (κ1) is 13.4. The van der Waals surface area contributed by atoms with Crippen LogP contribution in [0.2, 0.25) is 0 Å². The first-order chi connectivity index (χ1) is 9.75. The van der Waals surface area contributed by atoms with Crippen LogP contribution < -0.4 is 10.1 Å². The number of para-hydroxylation sites is 1. The van der Waals surface area contributed by atoms with Gasteiger partial charge in [-0.3, -0.25) is 4.79 Å². The molecule has 4 heteroatoms. The van der Waals surface area contributed by atoms with Crippen molar-refractivity contribution in [2.45, 2.75) is 38.3 Å². The molecule has 1 unspecified atom stereocenters. The van der Waals surface area contributed by atoms with E-state index in [2.05, 4.69) is 12.2 Å². The SMILES string of the molecule is CCC1(C(=O)N2CCOc3ccccc3C2)CCCN1. The molecule has 4 nitrogen and oxygen atoms in total. The summed E-state index contributed by atoms with van der Waals surface area (Å²) in [6, 6.07) is 8.00. The molecule has 0 bridgehead atoms. The Kier molecular flexibility index (Phi) is 3.66. The van der Waals surface area contributed by atoms with Crippen molar-refractivity contribution >= 4 is 5.91 Å². The predicted octanol–water partition coefficient (Wildman–Crippen LogP) is 1.94. The Bertz CT molecular complexity index is 495. The number of hydrogen-bond donors (Lipinski definition) is 1. The maximum Gasteiger partial charge on any atom is 0.243 e. The van der Waals surface area contributed by atoms with Crippen LogP contribution in [0.15, 0.2) is 24.3 Å². The van der Waals surface area contributed by atoms with E-state index >= 15 is 0 Å². The fourth-order valence-electron chi connectivity index (χ4n) is 3.24. The van der Waals surface area contributed by atoms with Crippen LogP contribution in [0.5, 0.6) is 5.75 Å². The lowest BCUT2D eigenvalue weighted by Gasteiger charge is -2.33. The van der Waals surface area contributed by atoms with Crippen molar-refractivity contribution in [2.24, 2.45) is 0 Å². The van der Waals surface area contributed by atoms with Gasteiger partial charge in [-0.05, 0) is 31.9 Å². The van der Waals surface area contributed by atoms with Gasteiger partial charge in [0.2, 0.25) is 5.91 Å². The summed E-state index contributed by atoms with van der Waals surface area (Å²) in [6.07, 6.45) is 2.88. The number of ether oxygens (including phenoxy) is 1. The number of amides is 1. The number of nitrogens with one attached hydrogen (secondary N) is 1. The quantitative estimate of drug-likeness (QED) is 0.896. The minimum atomic E-state index is -0.348. The van der Waals surface area contributed by atoms with E-state index in [4.69, 9.17) is 4.74 Å². The molecule has 3 rings (SSSR count). The van der Waals surface area contributed by atoms with Gasteiger partial charge in [0.05, 0.1) is 12.1 Å². The number of fused-ring (bicyclic) bond motifs is 1. The average Bonchev–Trinajstić information content (AvgIpc) is 2.87. The molecule has 1 aromatic carbocycles. The van der Waals surface area contributed by atoms with E-state index in [1.54, 1.807) is 0 Å². The Labute approximate surface area is 120 Å². The molecule has 2 heterocycles. The molecule has 1 saturated heterocycles. The molecular formula is C16H22N2O2. The summed E-state index contributed by atoms with van der Waals surface area (Å²) in [7, 11) is 0. The van der Waals surface area contributed by atoms with Gasteiger partial charge in [0.25, 0.3) is 0 Å². The number of carbonyl (C=O) groups is 1. The highest BCUT2D eigenvalue weighted by Gasteiger charge is 2.42. The summed E-state index contributed by atoms with van der Waals surface area (Å²) in [5, 5.41) is 3.43. The van der Waals surface area contributed by atoms with Crippen LogP contribution in [-0.4, -0.2) is 36.0 Å². The molecule has 1 N–H and O–H groups in total. The topological polar surface area (TPSA) is 41.6 Å². The Morgan fingerprint density at radius 2 is 2.30 bits per heavy atom. The van der Waals surface area contributed by atoms with Gasteiger partial charge in [-0.2, -0.15) is 0 Å².